The second-order valence-electron chi connectivity index (χ2n) is 6.29. The number of hydrogen-bond acceptors (Lipinski definition) is 5. The average Bonchev–Trinajstić information content (AvgIpc) is 3.29. The van der Waals surface area contributed by atoms with Crippen LogP contribution >= 0.6 is 11.6 Å². The Labute approximate surface area is 164 Å². The van der Waals surface area contributed by atoms with Gasteiger partial charge in [-0.05, 0) is 42.5 Å². The van der Waals surface area contributed by atoms with Gasteiger partial charge in [-0.1, -0.05) is 22.8 Å². The minimum Gasteiger partial charge on any atom is -0.407 e. The van der Waals surface area contributed by atoms with Crippen molar-refractivity contribution in [1.82, 2.24) is 10.2 Å². The van der Waals surface area contributed by atoms with Crippen LogP contribution in [0.3, 0.4) is 0 Å². The Morgan fingerprint density at radius 1 is 1.21 bits per heavy atom. The van der Waals surface area contributed by atoms with E-state index in [2.05, 4.69) is 15.5 Å². The van der Waals surface area contributed by atoms with E-state index in [1.165, 1.54) is 18.2 Å². The van der Waals surface area contributed by atoms with Gasteiger partial charge < -0.3 is 9.32 Å². The molecule has 1 N–H and O–H groups in total. The minimum absolute atomic E-state index is 0.0624. The summed E-state index contributed by atoms with van der Waals surface area (Å²) < 4.78 is 18.6. The van der Waals surface area contributed by atoms with Gasteiger partial charge in [0.25, 0.3) is 5.91 Å². The van der Waals surface area contributed by atoms with Gasteiger partial charge in [-0.15, -0.1) is 5.10 Å². The molecule has 1 saturated heterocycles. The van der Waals surface area contributed by atoms with Crippen LogP contribution in [0, 0.1) is 5.82 Å². The lowest BCUT2D eigenvalue weighted by Crippen LogP contribution is -2.24. The van der Waals surface area contributed by atoms with Gasteiger partial charge in [0.2, 0.25) is 11.8 Å². The number of hydrogen-bond donors (Lipinski definition) is 1. The van der Waals surface area contributed by atoms with Gasteiger partial charge in [0.05, 0.1) is 5.92 Å². The quantitative estimate of drug-likeness (QED) is 0.722. The third-order valence-electron chi connectivity index (χ3n) is 4.36. The van der Waals surface area contributed by atoms with Crippen molar-refractivity contribution >= 4 is 35.1 Å². The first-order valence-electron chi connectivity index (χ1n) is 8.46. The van der Waals surface area contributed by atoms with Crippen LogP contribution < -0.4 is 10.2 Å². The second-order valence-corrected chi connectivity index (χ2v) is 6.73. The Bertz CT molecular complexity index is 1040. The lowest BCUT2D eigenvalue weighted by molar-refractivity contribution is -0.117. The Hall–Kier alpha value is -3.26. The molecule has 1 aromatic heterocycles. The fraction of sp³-hybridized carbons (Fsp3) is 0.158. The molecule has 2 aromatic carbocycles. The first-order chi connectivity index (χ1) is 13.5. The Morgan fingerprint density at radius 2 is 2.00 bits per heavy atom. The zero-order valence-corrected chi connectivity index (χ0v) is 15.2. The summed E-state index contributed by atoms with van der Waals surface area (Å²) in [7, 11) is 0. The van der Waals surface area contributed by atoms with Crippen LogP contribution in [0.25, 0.3) is 0 Å². The summed E-state index contributed by atoms with van der Waals surface area (Å²) in [4.78, 5) is 26.1. The van der Waals surface area contributed by atoms with E-state index in [0.717, 1.165) is 0 Å². The molecule has 142 valence electrons. The van der Waals surface area contributed by atoms with E-state index < -0.39 is 5.91 Å². The number of anilines is 2. The molecule has 28 heavy (non-hydrogen) atoms. The van der Waals surface area contributed by atoms with E-state index in [1.807, 2.05) is 0 Å². The molecule has 7 nitrogen and oxygen atoms in total. The fourth-order valence-corrected chi connectivity index (χ4v) is 3.18. The molecular formula is C19H14ClFN4O3. The van der Waals surface area contributed by atoms with Crippen molar-refractivity contribution in [3.05, 3.63) is 70.8 Å². The van der Waals surface area contributed by atoms with Crippen LogP contribution in [-0.4, -0.2) is 28.6 Å². The van der Waals surface area contributed by atoms with E-state index in [0.29, 0.717) is 22.8 Å². The minimum atomic E-state index is -0.437. The van der Waals surface area contributed by atoms with Crippen molar-refractivity contribution in [2.24, 2.45) is 0 Å². The molecular weight excluding hydrogens is 387 g/mol. The summed E-state index contributed by atoms with van der Waals surface area (Å²) in [6.45, 7) is 0.328. The highest BCUT2D eigenvalue weighted by Gasteiger charge is 2.35. The summed E-state index contributed by atoms with van der Waals surface area (Å²) in [5.41, 5.74) is 0.952. The van der Waals surface area contributed by atoms with Crippen molar-refractivity contribution in [3.8, 4) is 0 Å². The molecule has 1 aliphatic rings. The van der Waals surface area contributed by atoms with Gasteiger partial charge in [-0.25, -0.2) is 4.39 Å². The van der Waals surface area contributed by atoms with Gasteiger partial charge in [-0.3, -0.25) is 14.9 Å². The van der Waals surface area contributed by atoms with Gasteiger partial charge >= 0.3 is 6.01 Å². The molecule has 4 rings (SSSR count). The Balaban J connectivity index is 1.45. The number of rotatable bonds is 4. The second kappa shape index (κ2) is 7.40. The van der Waals surface area contributed by atoms with E-state index in [9.17, 15) is 14.0 Å². The molecule has 0 unspecified atom stereocenters. The summed E-state index contributed by atoms with van der Waals surface area (Å²) in [5.74, 6) is -1.00. The number of aromatic nitrogens is 2. The topological polar surface area (TPSA) is 88.3 Å². The number of benzene rings is 2. The molecule has 0 bridgehead atoms. The van der Waals surface area contributed by atoms with Gasteiger partial charge in [0.15, 0.2) is 0 Å². The lowest BCUT2D eigenvalue weighted by atomic mass is 10.1. The highest BCUT2D eigenvalue weighted by Crippen LogP contribution is 2.31. The maximum absolute atomic E-state index is 13.1. The van der Waals surface area contributed by atoms with Crippen LogP contribution in [0.15, 0.2) is 52.9 Å². The molecule has 0 radical (unpaired) electrons. The highest BCUT2D eigenvalue weighted by molar-refractivity contribution is 6.31. The van der Waals surface area contributed by atoms with Gasteiger partial charge in [0, 0.05) is 29.2 Å². The summed E-state index contributed by atoms with van der Waals surface area (Å²) in [5, 5.41) is 10.7. The normalized spacial score (nSPS) is 16.4. The molecule has 0 aliphatic carbocycles. The van der Waals surface area contributed by atoms with Crippen LogP contribution in [0.1, 0.15) is 28.6 Å². The van der Waals surface area contributed by atoms with E-state index >= 15 is 0 Å². The van der Waals surface area contributed by atoms with E-state index in [-0.39, 0.29) is 36.0 Å². The molecule has 3 aromatic rings. The zero-order valence-electron chi connectivity index (χ0n) is 14.4. The van der Waals surface area contributed by atoms with Crippen molar-refractivity contribution in [2.75, 3.05) is 16.8 Å². The van der Waals surface area contributed by atoms with E-state index in [4.69, 9.17) is 16.0 Å². The number of amides is 2. The summed E-state index contributed by atoms with van der Waals surface area (Å²) >= 11 is 5.88. The number of nitrogens with one attached hydrogen (secondary N) is 1. The number of carbonyl (C=O) groups is 2. The molecule has 2 heterocycles. The lowest BCUT2D eigenvalue weighted by Gasteiger charge is -2.15. The maximum atomic E-state index is 13.1. The molecule has 0 saturated carbocycles. The smallest absolute Gasteiger partial charge is 0.322 e. The van der Waals surface area contributed by atoms with Gasteiger partial charge in [-0.2, -0.15) is 0 Å². The van der Waals surface area contributed by atoms with Crippen molar-refractivity contribution in [2.45, 2.75) is 12.3 Å². The molecule has 1 aliphatic heterocycles. The fourth-order valence-electron chi connectivity index (χ4n) is 2.99. The zero-order chi connectivity index (χ0) is 19.7. The number of halogens is 2. The van der Waals surface area contributed by atoms with E-state index in [1.54, 1.807) is 35.2 Å². The predicted molar refractivity (Wildman–Crippen MR) is 99.8 cm³/mol. The van der Waals surface area contributed by atoms with Crippen molar-refractivity contribution < 1.29 is 18.4 Å². The summed E-state index contributed by atoms with van der Waals surface area (Å²) in [6, 6.07) is 12.1. The molecule has 1 fully saturated rings. The standard InChI is InChI=1S/C19H14ClFN4O3/c20-13-3-1-2-11(8-13)17(27)22-19-24-23-18(28-19)12-9-16(26)25(10-12)15-6-4-14(21)5-7-15/h1-8,12H,9-10H2,(H,22,24,27)/t12-/m1/s1. The Morgan fingerprint density at radius 3 is 2.75 bits per heavy atom. The first kappa shape index (κ1) is 18.1. The van der Waals surface area contributed by atoms with Crippen LogP contribution in [-0.2, 0) is 4.79 Å². The van der Waals surface area contributed by atoms with Crippen molar-refractivity contribution in [1.29, 1.82) is 0 Å². The largest absolute Gasteiger partial charge is 0.407 e. The molecule has 9 heteroatoms. The van der Waals surface area contributed by atoms with Crippen LogP contribution in [0.2, 0.25) is 5.02 Å². The molecule has 1 atom stereocenters. The average molecular weight is 401 g/mol. The summed E-state index contributed by atoms with van der Waals surface area (Å²) in [6.07, 6.45) is 0.182. The molecule has 2 amide bonds. The highest BCUT2D eigenvalue weighted by atomic mass is 35.5. The molecule has 0 spiro atoms. The van der Waals surface area contributed by atoms with Crippen molar-refractivity contribution in [3.63, 3.8) is 0 Å². The first-order valence-corrected chi connectivity index (χ1v) is 8.83. The third kappa shape index (κ3) is 3.72. The van der Waals surface area contributed by atoms with Crippen LogP contribution in [0.4, 0.5) is 16.1 Å². The predicted octanol–water partition coefficient (Wildman–Crippen LogP) is 3.63. The number of nitrogens with zero attached hydrogens (tertiary/aromatic N) is 3. The monoisotopic (exact) mass is 400 g/mol. The maximum Gasteiger partial charge on any atom is 0.322 e. The SMILES string of the molecule is O=C(Nc1nnc([C@@H]2CC(=O)N(c3ccc(F)cc3)C2)o1)c1cccc(Cl)c1. The van der Waals surface area contributed by atoms with Crippen LogP contribution in [0.5, 0.6) is 0 Å². The van der Waals surface area contributed by atoms with Gasteiger partial charge in [0.1, 0.15) is 5.82 Å². The number of carbonyl (C=O) groups excluding carboxylic acids is 2. The third-order valence-corrected chi connectivity index (χ3v) is 4.60. The Kier molecular flexibility index (Phi) is 4.79.